The third-order valence-corrected chi connectivity index (χ3v) is 3.58. The molecule has 0 amide bonds. The van der Waals surface area contributed by atoms with Gasteiger partial charge in [-0.1, -0.05) is 32.5 Å². The van der Waals surface area contributed by atoms with Crippen molar-refractivity contribution in [2.75, 3.05) is 24.2 Å². The van der Waals surface area contributed by atoms with Gasteiger partial charge in [0, 0.05) is 12.1 Å². The summed E-state index contributed by atoms with van der Waals surface area (Å²) in [6.07, 6.45) is 2.57. The van der Waals surface area contributed by atoms with Crippen LogP contribution in [-0.2, 0) is 9.53 Å². The van der Waals surface area contributed by atoms with Crippen molar-refractivity contribution in [3.8, 4) is 0 Å². The topological polar surface area (TPSA) is 64.1 Å². The van der Waals surface area contributed by atoms with Crippen LogP contribution in [0.4, 0.5) is 5.82 Å². The fourth-order valence-electron chi connectivity index (χ4n) is 1.73. The van der Waals surface area contributed by atoms with Gasteiger partial charge in [0.15, 0.2) is 0 Å². The number of anilines is 1. The molecular formula is C14H23N3O2S. The number of nitrogens with zero attached hydrogens (tertiary/aromatic N) is 2. The average molecular weight is 297 g/mol. The summed E-state index contributed by atoms with van der Waals surface area (Å²) in [6.45, 7) is 9.40. The molecule has 0 saturated heterocycles. The largest absolute Gasteiger partial charge is 0.465 e. The molecule has 20 heavy (non-hydrogen) atoms. The van der Waals surface area contributed by atoms with Gasteiger partial charge in [-0.25, -0.2) is 9.97 Å². The summed E-state index contributed by atoms with van der Waals surface area (Å²) >= 11 is 1.41. The molecular weight excluding hydrogens is 274 g/mol. The summed E-state index contributed by atoms with van der Waals surface area (Å²) in [5, 5.41) is 4.17. The molecule has 0 unspecified atom stereocenters. The normalized spacial score (nSPS) is 10.7. The molecule has 1 rings (SSSR count). The van der Waals surface area contributed by atoms with Gasteiger partial charge in [-0.2, -0.15) is 0 Å². The molecule has 0 radical (unpaired) electrons. The van der Waals surface area contributed by atoms with Crippen molar-refractivity contribution in [3.63, 3.8) is 0 Å². The third-order valence-electron chi connectivity index (χ3n) is 2.60. The minimum Gasteiger partial charge on any atom is -0.465 e. The van der Waals surface area contributed by atoms with Crippen LogP contribution in [0.1, 0.15) is 45.6 Å². The first kappa shape index (κ1) is 16.8. The van der Waals surface area contributed by atoms with Crippen LogP contribution >= 0.6 is 11.8 Å². The number of hydrogen-bond donors (Lipinski definition) is 1. The molecule has 1 N–H and O–H groups in total. The Hall–Kier alpha value is -1.30. The highest BCUT2D eigenvalue weighted by molar-refractivity contribution is 7.99. The number of ether oxygens (including phenoxy) is 1. The Balaban J connectivity index is 2.86. The van der Waals surface area contributed by atoms with Gasteiger partial charge in [0.1, 0.15) is 17.2 Å². The van der Waals surface area contributed by atoms with Crippen LogP contribution in [0.25, 0.3) is 0 Å². The first-order valence-corrected chi connectivity index (χ1v) is 7.95. The van der Waals surface area contributed by atoms with Crippen molar-refractivity contribution in [1.82, 2.24) is 9.97 Å². The third kappa shape index (κ3) is 5.00. The van der Waals surface area contributed by atoms with E-state index in [9.17, 15) is 4.79 Å². The fraction of sp³-hybridized carbons (Fsp3) is 0.643. The maximum Gasteiger partial charge on any atom is 0.316 e. The van der Waals surface area contributed by atoms with Gasteiger partial charge in [0.2, 0.25) is 0 Å². The quantitative estimate of drug-likeness (QED) is 0.452. The van der Waals surface area contributed by atoms with Crippen molar-refractivity contribution in [1.29, 1.82) is 0 Å². The van der Waals surface area contributed by atoms with Crippen molar-refractivity contribution < 1.29 is 9.53 Å². The summed E-state index contributed by atoms with van der Waals surface area (Å²) in [7, 11) is 0. The monoisotopic (exact) mass is 297 g/mol. The molecule has 112 valence electrons. The van der Waals surface area contributed by atoms with E-state index in [0.717, 1.165) is 29.4 Å². The molecule has 0 fully saturated rings. The first-order chi connectivity index (χ1) is 9.60. The van der Waals surface area contributed by atoms with Gasteiger partial charge in [-0.15, -0.1) is 0 Å². The number of aromatic nitrogens is 2. The maximum absolute atomic E-state index is 11.5. The van der Waals surface area contributed by atoms with E-state index in [0.29, 0.717) is 12.5 Å². The number of rotatable bonds is 8. The fourth-order valence-corrected chi connectivity index (χ4v) is 2.68. The number of nitrogens with one attached hydrogen (secondary N) is 1. The van der Waals surface area contributed by atoms with Crippen molar-refractivity contribution in [2.24, 2.45) is 0 Å². The Kier molecular flexibility index (Phi) is 7.36. The second-order valence-electron chi connectivity index (χ2n) is 4.62. The highest BCUT2D eigenvalue weighted by atomic mass is 32.2. The maximum atomic E-state index is 11.5. The number of carbonyl (C=O) groups is 1. The van der Waals surface area contributed by atoms with E-state index >= 15 is 0 Å². The van der Waals surface area contributed by atoms with Crippen LogP contribution in [0.3, 0.4) is 0 Å². The van der Waals surface area contributed by atoms with E-state index in [-0.39, 0.29) is 11.7 Å². The van der Waals surface area contributed by atoms with Crippen LogP contribution < -0.4 is 5.32 Å². The van der Waals surface area contributed by atoms with E-state index in [4.69, 9.17) is 4.74 Å². The van der Waals surface area contributed by atoms with Gasteiger partial charge in [-0.05, 0) is 19.3 Å². The number of carbonyl (C=O) groups excluding carboxylic acids is 1. The van der Waals surface area contributed by atoms with Crippen molar-refractivity contribution in [3.05, 3.63) is 11.9 Å². The molecule has 0 bridgehead atoms. The van der Waals surface area contributed by atoms with E-state index in [1.165, 1.54) is 18.1 Å². The molecule has 0 aliphatic heterocycles. The zero-order valence-electron chi connectivity index (χ0n) is 12.6. The van der Waals surface area contributed by atoms with Crippen molar-refractivity contribution in [2.45, 2.75) is 45.1 Å². The van der Waals surface area contributed by atoms with Crippen LogP contribution in [0, 0.1) is 0 Å². The lowest BCUT2D eigenvalue weighted by Crippen LogP contribution is -2.10. The molecule has 6 heteroatoms. The predicted octanol–water partition coefficient (Wildman–Crippen LogP) is 3.08. The van der Waals surface area contributed by atoms with E-state index in [1.54, 1.807) is 6.92 Å². The van der Waals surface area contributed by atoms with Crippen LogP contribution in [0.5, 0.6) is 0 Å². The Labute approximate surface area is 124 Å². The summed E-state index contributed by atoms with van der Waals surface area (Å²) in [6, 6.07) is 0. The summed E-state index contributed by atoms with van der Waals surface area (Å²) in [5.41, 5.74) is 1.07. The summed E-state index contributed by atoms with van der Waals surface area (Å²) < 4.78 is 4.94. The van der Waals surface area contributed by atoms with E-state index in [2.05, 4.69) is 36.1 Å². The average Bonchev–Trinajstić information content (AvgIpc) is 2.42. The lowest BCUT2D eigenvalue weighted by molar-refractivity contribution is -0.139. The van der Waals surface area contributed by atoms with Gasteiger partial charge in [0.05, 0.1) is 12.4 Å². The van der Waals surface area contributed by atoms with Gasteiger partial charge >= 0.3 is 5.97 Å². The summed E-state index contributed by atoms with van der Waals surface area (Å²) in [5.74, 6) is 1.22. The first-order valence-electron chi connectivity index (χ1n) is 6.97. The van der Waals surface area contributed by atoms with Crippen LogP contribution in [-0.4, -0.2) is 34.8 Å². The molecule has 1 aromatic heterocycles. The van der Waals surface area contributed by atoms with E-state index in [1.807, 2.05) is 0 Å². The predicted molar refractivity (Wildman–Crippen MR) is 82.3 cm³/mol. The Morgan fingerprint density at radius 2 is 2.15 bits per heavy atom. The van der Waals surface area contributed by atoms with Gasteiger partial charge in [0.25, 0.3) is 0 Å². The van der Waals surface area contributed by atoms with Gasteiger partial charge < -0.3 is 10.1 Å². The molecule has 0 saturated carbocycles. The number of thioether (sulfide) groups is 1. The molecule has 0 aliphatic carbocycles. The minimum atomic E-state index is -0.214. The lowest BCUT2D eigenvalue weighted by atomic mass is 10.1. The Morgan fingerprint density at radius 3 is 2.75 bits per heavy atom. The van der Waals surface area contributed by atoms with Gasteiger partial charge in [-0.3, -0.25) is 4.79 Å². The number of hydrogen-bond acceptors (Lipinski definition) is 6. The lowest BCUT2D eigenvalue weighted by Gasteiger charge is -2.16. The zero-order valence-corrected chi connectivity index (χ0v) is 13.4. The molecule has 5 nitrogen and oxygen atoms in total. The second kappa shape index (κ2) is 8.79. The highest BCUT2D eigenvalue weighted by Crippen LogP contribution is 2.31. The summed E-state index contributed by atoms with van der Waals surface area (Å²) in [4.78, 5) is 20.1. The standard InChI is InChI=1S/C14H23N3O2S/c1-5-7-15-13-12(10(3)4)14(17-9-16-13)20-8-11(18)19-6-2/h9-10H,5-8H2,1-4H3,(H,15,16,17). The number of esters is 1. The van der Waals surface area contributed by atoms with Crippen LogP contribution in [0.15, 0.2) is 11.4 Å². The Bertz CT molecular complexity index is 438. The van der Waals surface area contributed by atoms with E-state index < -0.39 is 0 Å². The Morgan fingerprint density at radius 1 is 1.40 bits per heavy atom. The molecule has 0 atom stereocenters. The van der Waals surface area contributed by atoms with Crippen molar-refractivity contribution >= 4 is 23.5 Å². The molecule has 0 aromatic carbocycles. The highest BCUT2D eigenvalue weighted by Gasteiger charge is 2.16. The zero-order chi connectivity index (χ0) is 15.0. The van der Waals surface area contributed by atoms with Crippen LogP contribution in [0.2, 0.25) is 0 Å². The molecule has 0 spiro atoms. The smallest absolute Gasteiger partial charge is 0.316 e. The minimum absolute atomic E-state index is 0.214. The molecule has 1 heterocycles. The second-order valence-corrected chi connectivity index (χ2v) is 5.58. The molecule has 0 aliphatic rings. The molecule has 1 aromatic rings. The SMILES string of the molecule is CCCNc1ncnc(SCC(=O)OCC)c1C(C)C.